The Morgan fingerprint density at radius 2 is 1.95 bits per heavy atom. The zero-order valence-electron chi connectivity index (χ0n) is 11.6. The first-order valence-corrected chi connectivity index (χ1v) is 6.61. The molecule has 0 aliphatic rings. The molecule has 2 N–H and O–H groups in total. The smallest absolute Gasteiger partial charge is 0.383 e. The van der Waals surface area contributed by atoms with Gasteiger partial charge >= 0.3 is 6.18 Å². The van der Waals surface area contributed by atoms with Crippen molar-refractivity contribution in [3.05, 3.63) is 22.9 Å². The van der Waals surface area contributed by atoms with E-state index < -0.39 is 11.7 Å². The van der Waals surface area contributed by atoms with E-state index in [1.165, 1.54) is 6.92 Å². The molecule has 0 aromatic carbocycles. The molecule has 2 nitrogen and oxygen atoms in total. The van der Waals surface area contributed by atoms with Gasteiger partial charge in [0, 0.05) is 0 Å². The van der Waals surface area contributed by atoms with Crippen molar-refractivity contribution in [2.24, 2.45) is 0 Å². The number of halogens is 3. The Labute approximate surface area is 112 Å². The van der Waals surface area contributed by atoms with E-state index in [9.17, 15) is 13.2 Å². The van der Waals surface area contributed by atoms with Crippen molar-refractivity contribution in [1.29, 1.82) is 0 Å². The second kappa shape index (κ2) is 6.26. The molecule has 1 atom stereocenters. The Kier molecular flexibility index (Phi) is 5.20. The number of pyridine rings is 1. The summed E-state index contributed by atoms with van der Waals surface area (Å²) in [6.07, 6.45) is -0.382. The number of aryl methyl sites for hydroxylation is 1. The Morgan fingerprint density at radius 1 is 1.32 bits per heavy atom. The number of hydrogen-bond donors (Lipinski definition) is 1. The van der Waals surface area contributed by atoms with Crippen LogP contribution in [0.4, 0.5) is 19.0 Å². The number of nitrogens with two attached hydrogens (primary N) is 1. The topological polar surface area (TPSA) is 38.9 Å². The summed E-state index contributed by atoms with van der Waals surface area (Å²) in [5.41, 5.74) is 5.53. The van der Waals surface area contributed by atoms with Crippen LogP contribution in [0.15, 0.2) is 6.07 Å². The third-order valence-corrected chi connectivity index (χ3v) is 3.35. The molecule has 1 aromatic rings. The Balaban J connectivity index is 3.00. The van der Waals surface area contributed by atoms with Gasteiger partial charge in [0.25, 0.3) is 0 Å². The SMILES string of the molecule is CCCCCC(C)c1cc(C(F)(F)F)c(C)nc1N. The highest BCUT2D eigenvalue weighted by atomic mass is 19.4. The van der Waals surface area contributed by atoms with Gasteiger partial charge in [-0.1, -0.05) is 33.1 Å². The van der Waals surface area contributed by atoms with E-state index in [4.69, 9.17) is 5.73 Å². The van der Waals surface area contributed by atoms with Crippen LogP contribution in [0.3, 0.4) is 0 Å². The first kappa shape index (κ1) is 15.8. The Morgan fingerprint density at radius 3 is 2.47 bits per heavy atom. The molecule has 0 aliphatic heterocycles. The van der Waals surface area contributed by atoms with Gasteiger partial charge in [-0.2, -0.15) is 13.2 Å². The number of anilines is 1. The fourth-order valence-electron chi connectivity index (χ4n) is 2.18. The molecular formula is C14H21F3N2. The maximum atomic E-state index is 12.8. The Bertz CT molecular complexity index is 427. The molecule has 1 rings (SSSR count). The lowest BCUT2D eigenvalue weighted by molar-refractivity contribution is -0.138. The molecule has 1 heterocycles. The second-order valence-electron chi connectivity index (χ2n) is 4.99. The summed E-state index contributed by atoms with van der Waals surface area (Å²) >= 11 is 0. The molecule has 5 heteroatoms. The van der Waals surface area contributed by atoms with E-state index in [1.54, 1.807) is 0 Å². The number of unbranched alkanes of at least 4 members (excludes halogenated alkanes) is 2. The largest absolute Gasteiger partial charge is 0.418 e. The number of hydrogen-bond acceptors (Lipinski definition) is 2. The summed E-state index contributed by atoms with van der Waals surface area (Å²) in [4.78, 5) is 3.85. The fraction of sp³-hybridized carbons (Fsp3) is 0.643. The van der Waals surface area contributed by atoms with Gasteiger partial charge in [0.05, 0.1) is 11.3 Å². The van der Waals surface area contributed by atoms with E-state index in [0.717, 1.165) is 31.7 Å². The number of nitrogen functional groups attached to an aromatic ring is 1. The zero-order chi connectivity index (χ0) is 14.6. The van der Waals surface area contributed by atoms with Gasteiger partial charge in [0.15, 0.2) is 0 Å². The van der Waals surface area contributed by atoms with Crippen LogP contribution in [-0.2, 0) is 6.18 Å². The van der Waals surface area contributed by atoms with E-state index in [-0.39, 0.29) is 17.4 Å². The third-order valence-electron chi connectivity index (χ3n) is 3.35. The number of rotatable bonds is 5. The summed E-state index contributed by atoms with van der Waals surface area (Å²) < 4.78 is 38.5. The second-order valence-corrected chi connectivity index (χ2v) is 4.99. The van der Waals surface area contributed by atoms with Crippen LogP contribution in [0.1, 0.15) is 62.3 Å². The van der Waals surface area contributed by atoms with E-state index in [1.807, 2.05) is 6.92 Å². The van der Waals surface area contributed by atoms with Crippen LogP contribution in [0, 0.1) is 6.92 Å². The lowest BCUT2D eigenvalue weighted by Crippen LogP contribution is -2.13. The van der Waals surface area contributed by atoms with E-state index in [2.05, 4.69) is 11.9 Å². The van der Waals surface area contributed by atoms with Gasteiger partial charge in [-0.25, -0.2) is 4.98 Å². The molecule has 0 aliphatic carbocycles. The highest BCUT2D eigenvalue weighted by molar-refractivity contribution is 5.46. The maximum absolute atomic E-state index is 12.8. The van der Waals surface area contributed by atoms with Crippen LogP contribution in [-0.4, -0.2) is 4.98 Å². The van der Waals surface area contributed by atoms with Crippen LogP contribution in [0.25, 0.3) is 0 Å². The van der Waals surface area contributed by atoms with Gasteiger partial charge in [0.1, 0.15) is 5.82 Å². The van der Waals surface area contributed by atoms with Crippen molar-refractivity contribution in [3.8, 4) is 0 Å². The first-order valence-electron chi connectivity index (χ1n) is 6.61. The predicted octanol–water partition coefficient (Wildman–Crippen LogP) is 4.67. The van der Waals surface area contributed by atoms with Gasteiger partial charge < -0.3 is 5.73 Å². The van der Waals surface area contributed by atoms with Gasteiger partial charge in [0.2, 0.25) is 0 Å². The number of alkyl halides is 3. The predicted molar refractivity (Wildman–Crippen MR) is 70.9 cm³/mol. The molecule has 0 fully saturated rings. The van der Waals surface area contributed by atoms with Gasteiger partial charge in [-0.15, -0.1) is 0 Å². The highest BCUT2D eigenvalue weighted by Gasteiger charge is 2.34. The van der Waals surface area contributed by atoms with Crippen molar-refractivity contribution in [3.63, 3.8) is 0 Å². The normalized spacial score (nSPS) is 13.6. The molecule has 0 saturated heterocycles. The van der Waals surface area contributed by atoms with Crippen molar-refractivity contribution in [2.75, 3.05) is 5.73 Å². The van der Waals surface area contributed by atoms with Crippen LogP contribution in [0.2, 0.25) is 0 Å². The zero-order valence-corrected chi connectivity index (χ0v) is 11.6. The lowest BCUT2D eigenvalue weighted by atomic mass is 9.93. The van der Waals surface area contributed by atoms with Crippen LogP contribution >= 0.6 is 0 Å². The molecule has 0 saturated carbocycles. The van der Waals surface area contributed by atoms with E-state index in [0.29, 0.717) is 5.56 Å². The monoisotopic (exact) mass is 274 g/mol. The van der Waals surface area contributed by atoms with Crippen molar-refractivity contribution >= 4 is 5.82 Å². The summed E-state index contributed by atoms with van der Waals surface area (Å²) in [6.45, 7) is 5.33. The minimum Gasteiger partial charge on any atom is -0.383 e. The van der Waals surface area contributed by atoms with Crippen molar-refractivity contribution < 1.29 is 13.2 Å². The number of nitrogens with zero attached hydrogens (tertiary/aromatic N) is 1. The molecule has 1 aromatic heterocycles. The average Bonchev–Trinajstić information content (AvgIpc) is 2.27. The van der Waals surface area contributed by atoms with Gasteiger partial charge in [-0.3, -0.25) is 0 Å². The van der Waals surface area contributed by atoms with E-state index >= 15 is 0 Å². The molecule has 0 radical (unpaired) electrons. The molecule has 0 spiro atoms. The fourth-order valence-corrected chi connectivity index (χ4v) is 2.18. The van der Waals surface area contributed by atoms with Crippen molar-refractivity contribution in [2.45, 2.75) is 58.5 Å². The minimum absolute atomic E-state index is 0.000694. The summed E-state index contributed by atoms with van der Waals surface area (Å²) in [7, 11) is 0. The van der Waals surface area contributed by atoms with Crippen molar-refractivity contribution in [1.82, 2.24) is 4.98 Å². The molecule has 108 valence electrons. The Hall–Kier alpha value is -1.26. The minimum atomic E-state index is -4.37. The average molecular weight is 274 g/mol. The summed E-state index contributed by atoms with van der Waals surface area (Å²) in [5, 5.41) is 0. The molecular weight excluding hydrogens is 253 g/mol. The molecule has 1 unspecified atom stereocenters. The first-order chi connectivity index (χ1) is 8.77. The molecule has 0 bridgehead atoms. The standard InChI is InChI=1S/C14H21F3N2/c1-4-5-6-7-9(2)11-8-12(14(15,16)17)10(3)19-13(11)18/h8-9H,4-7H2,1-3H3,(H2,18,19). The van der Waals surface area contributed by atoms with Gasteiger partial charge in [-0.05, 0) is 30.9 Å². The highest BCUT2D eigenvalue weighted by Crippen LogP contribution is 2.35. The third kappa shape index (κ3) is 4.11. The van der Waals surface area contributed by atoms with Crippen LogP contribution < -0.4 is 5.73 Å². The maximum Gasteiger partial charge on any atom is 0.418 e. The molecule has 0 amide bonds. The van der Waals surface area contributed by atoms with Crippen LogP contribution in [0.5, 0.6) is 0 Å². The molecule has 19 heavy (non-hydrogen) atoms. The summed E-state index contributed by atoms with van der Waals surface area (Å²) in [5.74, 6) is 0.218. The quantitative estimate of drug-likeness (QED) is 0.792. The number of aromatic nitrogens is 1. The summed E-state index contributed by atoms with van der Waals surface area (Å²) in [6, 6.07) is 1.16. The lowest BCUT2D eigenvalue weighted by Gasteiger charge is -2.17.